The van der Waals surface area contributed by atoms with E-state index in [4.69, 9.17) is 9.97 Å². The zero-order valence-electron chi connectivity index (χ0n) is 12.1. The maximum absolute atomic E-state index is 4.84. The maximum Gasteiger partial charge on any atom is 0.0929 e. The third-order valence-corrected chi connectivity index (χ3v) is 4.22. The van der Waals surface area contributed by atoms with Gasteiger partial charge in [0.2, 0.25) is 0 Å². The molecular weight excluding hydrogens is 232 g/mol. The average molecular weight is 250 g/mol. The first-order valence-electron chi connectivity index (χ1n) is 6.63. The Morgan fingerprint density at radius 1 is 0.632 bits per heavy atom. The lowest BCUT2D eigenvalue weighted by Gasteiger charge is -2.13. The van der Waals surface area contributed by atoms with Crippen LogP contribution in [0.1, 0.15) is 27.8 Å². The molecule has 0 spiro atoms. The summed E-state index contributed by atoms with van der Waals surface area (Å²) >= 11 is 0. The Hall–Kier alpha value is -1.96. The number of hydrogen-bond acceptors (Lipinski definition) is 2. The molecule has 0 aliphatic carbocycles. The molecule has 1 heterocycles. The molecule has 1 aromatic heterocycles. The lowest BCUT2D eigenvalue weighted by Crippen LogP contribution is -1.98. The summed E-state index contributed by atoms with van der Waals surface area (Å²) in [6.07, 6.45) is 0. The van der Waals surface area contributed by atoms with Gasteiger partial charge in [-0.05, 0) is 74.6 Å². The monoisotopic (exact) mass is 250 g/mol. The average Bonchev–Trinajstić information content (AvgIpc) is 2.41. The molecule has 0 atom stereocenters. The fraction of sp³-hybridized carbons (Fsp3) is 0.294. The van der Waals surface area contributed by atoms with Crippen molar-refractivity contribution in [2.24, 2.45) is 0 Å². The number of aromatic nitrogens is 2. The van der Waals surface area contributed by atoms with Crippen LogP contribution in [-0.2, 0) is 0 Å². The Bertz CT molecular complexity index is 817. The van der Waals surface area contributed by atoms with E-state index in [1.165, 1.54) is 27.8 Å². The molecule has 96 valence electrons. The first kappa shape index (κ1) is 12.1. The van der Waals surface area contributed by atoms with Crippen molar-refractivity contribution >= 4 is 22.1 Å². The Kier molecular flexibility index (Phi) is 2.56. The highest BCUT2D eigenvalue weighted by Crippen LogP contribution is 2.28. The first-order valence-corrected chi connectivity index (χ1v) is 6.63. The lowest BCUT2D eigenvalue weighted by atomic mass is 9.97. The van der Waals surface area contributed by atoms with Gasteiger partial charge in [-0.1, -0.05) is 6.07 Å². The zero-order valence-corrected chi connectivity index (χ0v) is 12.1. The number of benzene rings is 2. The molecule has 0 aliphatic heterocycles. The van der Waals surface area contributed by atoms with E-state index >= 15 is 0 Å². The fourth-order valence-electron chi connectivity index (χ4n) is 2.60. The lowest BCUT2D eigenvalue weighted by molar-refractivity contribution is 1.21. The highest BCUT2D eigenvalue weighted by atomic mass is 14.8. The van der Waals surface area contributed by atoms with E-state index in [1.807, 2.05) is 0 Å². The molecule has 0 aliphatic rings. The van der Waals surface area contributed by atoms with Crippen molar-refractivity contribution in [2.75, 3.05) is 0 Å². The zero-order chi connectivity index (χ0) is 13.7. The predicted octanol–water partition coefficient (Wildman–Crippen LogP) is 4.33. The van der Waals surface area contributed by atoms with Crippen molar-refractivity contribution < 1.29 is 0 Å². The topological polar surface area (TPSA) is 25.8 Å². The molecule has 0 radical (unpaired) electrons. The first-order chi connectivity index (χ1) is 8.99. The van der Waals surface area contributed by atoms with Gasteiger partial charge in [-0.25, -0.2) is 9.97 Å². The largest absolute Gasteiger partial charge is 0.244 e. The van der Waals surface area contributed by atoms with Crippen molar-refractivity contribution in [1.82, 2.24) is 9.97 Å². The van der Waals surface area contributed by atoms with Gasteiger partial charge in [0.1, 0.15) is 0 Å². The summed E-state index contributed by atoms with van der Waals surface area (Å²) in [7, 11) is 0. The summed E-state index contributed by atoms with van der Waals surface area (Å²) in [4.78, 5) is 9.66. The van der Waals surface area contributed by atoms with Crippen LogP contribution < -0.4 is 0 Å². The van der Waals surface area contributed by atoms with Gasteiger partial charge < -0.3 is 0 Å². The molecular formula is C17H18N2. The van der Waals surface area contributed by atoms with Crippen LogP contribution in [-0.4, -0.2) is 9.97 Å². The Balaban J connectivity index is 2.55. The molecule has 0 fully saturated rings. The maximum atomic E-state index is 4.84. The van der Waals surface area contributed by atoms with Gasteiger partial charge >= 0.3 is 0 Å². The summed E-state index contributed by atoms with van der Waals surface area (Å²) in [5, 5.41) is 0. The van der Waals surface area contributed by atoms with E-state index in [1.54, 1.807) is 0 Å². The van der Waals surface area contributed by atoms with Crippen molar-refractivity contribution in [1.29, 1.82) is 0 Å². The van der Waals surface area contributed by atoms with Gasteiger partial charge in [0.25, 0.3) is 0 Å². The summed E-state index contributed by atoms with van der Waals surface area (Å²) in [5.74, 6) is 0. The van der Waals surface area contributed by atoms with Crippen LogP contribution in [0.5, 0.6) is 0 Å². The summed E-state index contributed by atoms with van der Waals surface area (Å²) in [6, 6.07) is 6.25. The number of hydrogen-bond donors (Lipinski definition) is 0. The van der Waals surface area contributed by atoms with E-state index in [0.29, 0.717) is 0 Å². The number of nitrogens with zero attached hydrogens (tertiary/aromatic N) is 2. The smallest absolute Gasteiger partial charge is 0.0929 e. The quantitative estimate of drug-likeness (QED) is 0.555. The molecule has 2 nitrogen and oxygen atoms in total. The Labute approximate surface area is 113 Å². The molecule has 2 heteroatoms. The number of fused-ring (bicyclic) bond motifs is 2. The third kappa shape index (κ3) is 1.71. The molecule has 0 unspecified atom stereocenters. The molecule has 0 amide bonds. The second-order valence-electron chi connectivity index (χ2n) is 5.41. The number of aryl methyl sites for hydroxylation is 3. The van der Waals surface area contributed by atoms with Crippen LogP contribution in [0.25, 0.3) is 22.1 Å². The second-order valence-corrected chi connectivity index (χ2v) is 5.41. The molecule has 3 aromatic rings. The van der Waals surface area contributed by atoms with E-state index in [9.17, 15) is 0 Å². The standard InChI is InChI=1S/C17H18N2/c1-9-6-7-14-15(8-9)19-17-13(5)11(3)10(2)12(4)16(17)18-14/h6-8H,1-5H3. The summed E-state index contributed by atoms with van der Waals surface area (Å²) < 4.78 is 0. The molecule has 19 heavy (non-hydrogen) atoms. The van der Waals surface area contributed by atoms with E-state index in [2.05, 4.69) is 52.8 Å². The summed E-state index contributed by atoms with van der Waals surface area (Å²) in [6.45, 7) is 10.7. The molecule has 3 rings (SSSR count). The normalized spacial score (nSPS) is 11.4. The molecule has 0 saturated heterocycles. The Morgan fingerprint density at radius 3 is 1.74 bits per heavy atom. The number of rotatable bonds is 0. The van der Waals surface area contributed by atoms with Crippen LogP contribution in [0.3, 0.4) is 0 Å². The van der Waals surface area contributed by atoms with Gasteiger partial charge in [0.05, 0.1) is 22.1 Å². The molecule has 0 bridgehead atoms. The van der Waals surface area contributed by atoms with Crippen molar-refractivity contribution in [3.05, 3.63) is 46.0 Å². The van der Waals surface area contributed by atoms with Crippen molar-refractivity contribution in [3.63, 3.8) is 0 Å². The highest BCUT2D eigenvalue weighted by Gasteiger charge is 2.12. The molecule has 0 saturated carbocycles. The molecule has 0 N–H and O–H groups in total. The van der Waals surface area contributed by atoms with Crippen molar-refractivity contribution in [3.8, 4) is 0 Å². The van der Waals surface area contributed by atoms with Crippen LogP contribution in [0.4, 0.5) is 0 Å². The highest BCUT2D eigenvalue weighted by molar-refractivity contribution is 5.91. The second kappa shape index (κ2) is 4.02. The minimum Gasteiger partial charge on any atom is -0.244 e. The van der Waals surface area contributed by atoms with E-state index in [0.717, 1.165) is 22.1 Å². The van der Waals surface area contributed by atoms with Crippen LogP contribution in [0.15, 0.2) is 18.2 Å². The fourth-order valence-corrected chi connectivity index (χ4v) is 2.60. The predicted molar refractivity (Wildman–Crippen MR) is 80.7 cm³/mol. The van der Waals surface area contributed by atoms with Gasteiger partial charge in [-0.15, -0.1) is 0 Å². The van der Waals surface area contributed by atoms with Gasteiger partial charge in [-0.2, -0.15) is 0 Å². The van der Waals surface area contributed by atoms with Crippen molar-refractivity contribution in [2.45, 2.75) is 34.6 Å². The minimum atomic E-state index is 0.976. The Morgan fingerprint density at radius 2 is 1.16 bits per heavy atom. The van der Waals surface area contributed by atoms with Gasteiger partial charge in [-0.3, -0.25) is 0 Å². The minimum absolute atomic E-state index is 0.976. The van der Waals surface area contributed by atoms with E-state index < -0.39 is 0 Å². The third-order valence-electron chi connectivity index (χ3n) is 4.22. The van der Waals surface area contributed by atoms with Crippen LogP contribution in [0, 0.1) is 34.6 Å². The van der Waals surface area contributed by atoms with E-state index in [-0.39, 0.29) is 0 Å². The van der Waals surface area contributed by atoms with Crippen LogP contribution in [0.2, 0.25) is 0 Å². The molecule has 2 aromatic carbocycles. The SMILES string of the molecule is Cc1ccc2nc3c(C)c(C)c(C)c(C)c3nc2c1. The van der Waals surface area contributed by atoms with Crippen LogP contribution >= 0.6 is 0 Å². The van der Waals surface area contributed by atoms with Gasteiger partial charge in [0, 0.05) is 0 Å². The van der Waals surface area contributed by atoms with Gasteiger partial charge in [0.15, 0.2) is 0 Å². The summed E-state index contributed by atoms with van der Waals surface area (Å²) in [5.41, 5.74) is 10.4.